The van der Waals surface area contributed by atoms with Gasteiger partial charge in [-0.3, -0.25) is 4.68 Å². The molecule has 2 heterocycles. The summed E-state index contributed by atoms with van der Waals surface area (Å²) in [5, 5.41) is 0. The molecule has 3 rings (SSSR count). The number of nitrogens with zero attached hydrogens (tertiary/aromatic N) is 1. The van der Waals surface area contributed by atoms with Crippen molar-refractivity contribution in [3.8, 4) is 5.75 Å². The fraction of sp³-hybridized carbons (Fsp3) is 0.333. The van der Waals surface area contributed by atoms with Crippen LogP contribution < -0.4 is 10.2 Å². The lowest BCUT2D eigenvalue weighted by Crippen LogP contribution is -2.23. The molecule has 1 atom stereocenters. The minimum Gasteiger partial charge on any atom is -0.493 e. The molecule has 0 saturated heterocycles. The summed E-state index contributed by atoms with van der Waals surface area (Å²) in [4.78, 5) is 0. The Labute approximate surface area is 107 Å². The highest BCUT2D eigenvalue weighted by Gasteiger charge is 2.23. The van der Waals surface area contributed by atoms with Crippen molar-refractivity contribution in [3.05, 3.63) is 53.3 Å². The first kappa shape index (κ1) is 11.2. The van der Waals surface area contributed by atoms with Crippen molar-refractivity contribution >= 4 is 0 Å². The Morgan fingerprint density at radius 3 is 2.67 bits per heavy atom. The maximum absolute atomic E-state index is 5.69. The quantitative estimate of drug-likeness (QED) is 0.895. The number of fused-ring (bicyclic) bond motifs is 1. The van der Waals surface area contributed by atoms with Gasteiger partial charge < -0.3 is 10.2 Å². The van der Waals surface area contributed by atoms with Crippen LogP contribution in [0.15, 0.2) is 36.4 Å². The summed E-state index contributed by atoms with van der Waals surface area (Å²) < 4.78 is 7.83. The number of hydrogen-bond donors (Lipinski definition) is 1. The second-order valence-electron chi connectivity index (χ2n) is 4.86. The number of aryl methyl sites for hydroxylation is 2. The molecule has 0 bridgehead atoms. The molecule has 1 aliphatic rings. The Bertz CT molecular complexity index is 540. The number of benzene rings is 1. The van der Waals surface area contributed by atoms with Crippen LogP contribution in [0.3, 0.4) is 0 Å². The number of nitrogens with one attached hydrogen (secondary N) is 1. The second-order valence-corrected chi connectivity index (χ2v) is 4.86. The summed E-state index contributed by atoms with van der Waals surface area (Å²) in [6.07, 6.45) is 0. The SMILES string of the molecule is Cc1ccc(C)n1NCC1COc2ccccc21. The molecular formula is C15H18N2O. The van der Waals surface area contributed by atoms with Gasteiger partial charge in [0.1, 0.15) is 5.75 Å². The average molecular weight is 242 g/mol. The minimum absolute atomic E-state index is 0.433. The van der Waals surface area contributed by atoms with E-state index in [1.54, 1.807) is 0 Å². The third-order valence-electron chi connectivity index (χ3n) is 3.57. The molecule has 1 N–H and O–H groups in total. The fourth-order valence-corrected chi connectivity index (χ4v) is 2.52. The van der Waals surface area contributed by atoms with Crippen LogP contribution in [0.1, 0.15) is 22.9 Å². The zero-order valence-corrected chi connectivity index (χ0v) is 10.8. The van der Waals surface area contributed by atoms with Crippen molar-refractivity contribution in [2.24, 2.45) is 0 Å². The van der Waals surface area contributed by atoms with E-state index in [0.29, 0.717) is 5.92 Å². The summed E-state index contributed by atoms with van der Waals surface area (Å²) in [5.41, 5.74) is 7.26. The average Bonchev–Trinajstić information content (AvgIpc) is 2.93. The van der Waals surface area contributed by atoms with Gasteiger partial charge in [-0.1, -0.05) is 18.2 Å². The van der Waals surface area contributed by atoms with Crippen molar-refractivity contribution in [3.63, 3.8) is 0 Å². The molecule has 18 heavy (non-hydrogen) atoms. The normalized spacial score (nSPS) is 17.3. The molecule has 3 heteroatoms. The molecule has 0 radical (unpaired) electrons. The third kappa shape index (κ3) is 1.86. The van der Waals surface area contributed by atoms with Crippen molar-refractivity contribution in [1.29, 1.82) is 0 Å². The monoisotopic (exact) mass is 242 g/mol. The largest absolute Gasteiger partial charge is 0.493 e. The van der Waals surface area contributed by atoms with Crippen molar-refractivity contribution in [1.82, 2.24) is 4.68 Å². The minimum atomic E-state index is 0.433. The number of rotatable bonds is 3. The molecule has 2 aromatic rings. The predicted molar refractivity (Wildman–Crippen MR) is 72.8 cm³/mol. The van der Waals surface area contributed by atoms with Crippen LogP contribution in [0.4, 0.5) is 0 Å². The van der Waals surface area contributed by atoms with E-state index in [-0.39, 0.29) is 0 Å². The van der Waals surface area contributed by atoms with Crippen LogP contribution in [0.5, 0.6) is 5.75 Å². The number of hydrogen-bond acceptors (Lipinski definition) is 2. The lowest BCUT2D eigenvalue weighted by Gasteiger charge is -2.16. The highest BCUT2D eigenvalue weighted by Crippen LogP contribution is 2.33. The molecule has 1 unspecified atom stereocenters. The van der Waals surface area contributed by atoms with Crippen LogP contribution in [-0.4, -0.2) is 17.8 Å². The highest BCUT2D eigenvalue weighted by molar-refractivity contribution is 5.40. The summed E-state index contributed by atoms with van der Waals surface area (Å²) in [6, 6.07) is 12.6. The molecule has 0 spiro atoms. The summed E-state index contributed by atoms with van der Waals surface area (Å²) in [5.74, 6) is 1.47. The van der Waals surface area contributed by atoms with Gasteiger partial charge in [0.25, 0.3) is 0 Å². The van der Waals surface area contributed by atoms with Gasteiger partial charge >= 0.3 is 0 Å². The molecule has 1 aliphatic heterocycles. The van der Waals surface area contributed by atoms with Crippen LogP contribution in [0.2, 0.25) is 0 Å². The predicted octanol–water partition coefficient (Wildman–Crippen LogP) is 2.82. The zero-order valence-electron chi connectivity index (χ0n) is 10.8. The van der Waals surface area contributed by atoms with Gasteiger partial charge in [-0.15, -0.1) is 0 Å². The van der Waals surface area contributed by atoms with Crippen molar-refractivity contribution in [2.45, 2.75) is 19.8 Å². The lowest BCUT2D eigenvalue weighted by molar-refractivity contribution is 0.333. The van der Waals surface area contributed by atoms with E-state index in [0.717, 1.165) is 18.9 Å². The molecule has 1 aromatic heterocycles. The van der Waals surface area contributed by atoms with E-state index in [4.69, 9.17) is 4.74 Å². The first-order chi connectivity index (χ1) is 8.75. The highest BCUT2D eigenvalue weighted by atomic mass is 16.5. The molecule has 94 valence electrons. The number of para-hydroxylation sites is 1. The Morgan fingerprint density at radius 2 is 1.89 bits per heavy atom. The summed E-state index contributed by atoms with van der Waals surface area (Å²) >= 11 is 0. The molecular weight excluding hydrogens is 224 g/mol. The van der Waals surface area contributed by atoms with Gasteiger partial charge in [-0.05, 0) is 32.0 Å². The van der Waals surface area contributed by atoms with E-state index in [1.807, 2.05) is 12.1 Å². The Hall–Kier alpha value is -1.90. The summed E-state index contributed by atoms with van der Waals surface area (Å²) in [7, 11) is 0. The zero-order chi connectivity index (χ0) is 12.5. The van der Waals surface area contributed by atoms with Crippen LogP contribution in [-0.2, 0) is 0 Å². The van der Waals surface area contributed by atoms with Crippen molar-refractivity contribution < 1.29 is 4.74 Å². The number of ether oxygens (including phenoxy) is 1. The van der Waals surface area contributed by atoms with Gasteiger partial charge in [0, 0.05) is 29.4 Å². The Balaban J connectivity index is 1.72. The fourth-order valence-electron chi connectivity index (χ4n) is 2.52. The van der Waals surface area contributed by atoms with Gasteiger partial charge in [0.15, 0.2) is 0 Å². The number of aromatic nitrogens is 1. The Morgan fingerprint density at radius 1 is 1.17 bits per heavy atom. The maximum Gasteiger partial charge on any atom is 0.122 e. The van der Waals surface area contributed by atoms with E-state index in [9.17, 15) is 0 Å². The summed E-state index contributed by atoms with van der Waals surface area (Å²) in [6.45, 7) is 5.89. The molecule has 0 saturated carbocycles. The van der Waals surface area contributed by atoms with Crippen molar-refractivity contribution in [2.75, 3.05) is 18.6 Å². The van der Waals surface area contributed by atoms with E-state index >= 15 is 0 Å². The van der Waals surface area contributed by atoms with Crippen LogP contribution in [0.25, 0.3) is 0 Å². The van der Waals surface area contributed by atoms with Gasteiger partial charge in [0.2, 0.25) is 0 Å². The smallest absolute Gasteiger partial charge is 0.122 e. The lowest BCUT2D eigenvalue weighted by atomic mass is 10.0. The Kier molecular flexibility index (Phi) is 2.74. The third-order valence-corrected chi connectivity index (χ3v) is 3.57. The first-order valence-electron chi connectivity index (χ1n) is 6.36. The molecule has 1 aromatic carbocycles. The van der Waals surface area contributed by atoms with Crippen LogP contribution in [0, 0.1) is 13.8 Å². The van der Waals surface area contributed by atoms with Gasteiger partial charge in [0.05, 0.1) is 6.61 Å². The standard InChI is InChI=1S/C15H18N2O/c1-11-7-8-12(2)17(11)16-9-13-10-18-15-6-4-3-5-14(13)15/h3-8,13,16H,9-10H2,1-2H3. The molecule has 0 fully saturated rings. The van der Waals surface area contributed by atoms with Gasteiger partial charge in [-0.2, -0.15) is 0 Å². The molecule has 0 aliphatic carbocycles. The van der Waals surface area contributed by atoms with E-state index < -0.39 is 0 Å². The second kappa shape index (κ2) is 4.41. The maximum atomic E-state index is 5.69. The molecule has 0 amide bonds. The first-order valence-corrected chi connectivity index (χ1v) is 6.36. The molecule has 3 nitrogen and oxygen atoms in total. The van der Waals surface area contributed by atoms with Crippen LogP contribution >= 0.6 is 0 Å². The topological polar surface area (TPSA) is 26.2 Å². The van der Waals surface area contributed by atoms with Gasteiger partial charge in [-0.25, -0.2) is 0 Å². The van der Waals surface area contributed by atoms with E-state index in [2.05, 4.69) is 48.2 Å². The van der Waals surface area contributed by atoms with E-state index in [1.165, 1.54) is 17.0 Å².